The molecule has 0 unspecified atom stereocenters. The van der Waals surface area contributed by atoms with Crippen molar-refractivity contribution in [2.45, 2.75) is 6.42 Å². The molecule has 3 heterocycles. The highest BCUT2D eigenvalue weighted by molar-refractivity contribution is 5.79. The van der Waals surface area contributed by atoms with E-state index in [1.165, 1.54) is 17.8 Å². The molecule has 10 heteroatoms. The lowest BCUT2D eigenvalue weighted by Gasteiger charge is -2.35. The Hall–Kier alpha value is -4.23. The number of amides is 1. The van der Waals surface area contributed by atoms with Gasteiger partial charge < -0.3 is 24.8 Å². The molecule has 9 nitrogen and oxygen atoms in total. The zero-order valence-electron chi connectivity index (χ0n) is 20.4. The van der Waals surface area contributed by atoms with Gasteiger partial charge in [0.1, 0.15) is 17.7 Å². The SMILES string of the molecule is N#Cc1ccc(CC(=O)N2CCN(c3ccnc(Nc4ccc(N5CCOCC5)cc4)n3)CC2)cc1F. The molecule has 37 heavy (non-hydrogen) atoms. The van der Waals surface area contributed by atoms with Gasteiger partial charge in [-0.15, -0.1) is 0 Å². The van der Waals surface area contributed by atoms with Gasteiger partial charge in [0.05, 0.1) is 25.2 Å². The molecular formula is C27H28FN7O2. The quantitative estimate of drug-likeness (QED) is 0.551. The standard InChI is InChI=1S/C27H28FN7O2/c28-24-17-20(1-2-21(24)19-29)18-26(36)35-11-9-34(10-12-35)25-7-8-30-27(32-25)31-22-3-5-23(6-4-22)33-13-15-37-16-14-33/h1-8,17H,9-16,18H2,(H,30,31,32). The van der Waals surface area contributed by atoms with Gasteiger partial charge in [-0.2, -0.15) is 10.2 Å². The summed E-state index contributed by atoms with van der Waals surface area (Å²) in [6.07, 6.45) is 1.83. The van der Waals surface area contributed by atoms with Gasteiger partial charge in [0, 0.05) is 56.8 Å². The number of hydrogen-bond acceptors (Lipinski definition) is 8. The number of nitrogens with one attached hydrogen (secondary N) is 1. The third-order valence-corrected chi connectivity index (χ3v) is 6.61. The molecule has 1 N–H and O–H groups in total. The monoisotopic (exact) mass is 501 g/mol. The third-order valence-electron chi connectivity index (χ3n) is 6.61. The number of ether oxygens (including phenoxy) is 1. The summed E-state index contributed by atoms with van der Waals surface area (Å²) in [4.78, 5) is 28.0. The molecule has 2 fully saturated rings. The van der Waals surface area contributed by atoms with Crippen LogP contribution in [0.3, 0.4) is 0 Å². The Morgan fingerprint density at radius 3 is 2.46 bits per heavy atom. The first-order valence-electron chi connectivity index (χ1n) is 12.3. The van der Waals surface area contributed by atoms with Gasteiger partial charge in [0.25, 0.3) is 0 Å². The Morgan fingerprint density at radius 1 is 1.00 bits per heavy atom. The fourth-order valence-corrected chi connectivity index (χ4v) is 4.52. The predicted molar refractivity (Wildman–Crippen MR) is 138 cm³/mol. The van der Waals surface area contributed by atoms with Crippen molar-refractivity contribution in [1.29, 1.82) is 5.26 Å². The van der Waals surface area contributed by atoms with Crippen molar-refractivity contribution in [1.82, 2.24) is 14.9 Å². The normalized spacial score (nSPS) is 15.8. The highest BCUT2D eigenvalue weighted by atomic mass is 19.1. The van der Waals surface area contributed by atoms with Gasteiger partial charge in [-0.1, -0.05) is 6.07 Å². The Balaban J connectivity index is 1.15. The first-order valence-corrected chi connectivity index (χ1v) is 12.3. The van der Waals surface area contributed by atoms with Crippen LogP contribution in [0.4, 0.5) is 27.5 Å². The molecule has 0 radical (unpaired) electrons. The lowest BCUT2D eigenvalue weighted by molar-refractivity contribution is -0.130. The second-order valence-electron chi connectivity index (χ2n) is 8.98. The number of halogens is 1. The molecule has 2 aliphatic rings. The van der Waals surface area contributed by atoms with Crippen molar-refractivity contribution in [3.05, 3.63) is 71.7 Å². The molecule has 0 saturated carbocycles. The van der Waals surface area contributed by atoms with Crippen molar-refractivity contribution in [3.8, 4) is 6.07 Å². The zero-order chi connectivity index (χ0) is 25.6. The van der Waals surface area contributed by atoms with Crippen LogP contribution in [0.1, 0.15) is 11.1 Å². The van der Waals surface area contributed by atoms with E-state index in [0.717, 1.165) is 37.8 Å². The number of morpholine rings is 1. The zero-order valence-corrected chi connectivity index (χ0v) is 20.4. The summed E-state index contributed by atoms with van der Waals surface area (Å²) in [5, 5.41) is 12.1. The largest absolute Gasteiger partial charge is 0.378 e. The molecule has 2 aromatic carbocycles. The number of hydrogen-bond donors (Lipinski definition) is 1. The number of rotatable bonds is 6. The number of aromatic nitrogens is 2. The van der Waals surface area contributed by atoms with E-state index in [4.69, 9.17) is 10.00 Å². The average Bonchev–Trinajstić information content (AvgIpc) is 2.94. The number of nitrogens with zero attached hydrogens (tertiary/aromatic N) is 6. The lowest BCUT2D eigenvalue weighted by Crippen LogP contribution is -2.49. The Bertz CT molecular complexity index is 1280. The summed E-state index contributed by atoms with van der Waals surface area (Å²) in [6.45, 7) is 5.66. The van der Waals surface area contributed by atoms with Crippen LogP contribution in [0.25, 0.3) is 0 Å². The highest BCUT2D eigenvalue weighted by Gasteiger charge is 2.22. The van der Waals surface area contributed by atoms with Gasteiger partial charge in [0.2, 0.25) is 11.9 Å². The Kier molecular flexibility index (Phi) is 7.42. The molecule has 3 aromatic rings. The second kappa shape index (κ2) is 11.2. The maximum Gasteiger partial charge on any atom is 0.229 e. The summed E-state index contributed by atoms with van der Waals surface area (Å²) in [7, 11) is 0. The summed E-state index contributed by atoms with van der Waals surface area (Å²) < 4.78 is 19.3. The minimum Gasteiger partial charge on any atom is -0.378 e. The van der Waals surface area contributed by atoms with Crippen LogP contribution >= 0.6 is 0 Å². The van der Waals surface area contributed by atoms with E-state index >= 15 is 0 Å². The molecule has 2 saturated heterocycles. The van der Waals surface area contributed by atoms with E-state index in [9.17, 15) is 9.18 Å². The first kappa shape index (κ1) is 24.5. The molecular weight excluding hydrogens is 473 g/mol. The maximum atomic E-state index is 13.9. The van der Waals surface area contributed by atoms with E-state index in [1.807, 2.05) is 18.2 Å². The fourth-order valence-electron chi connectivity index (χ4n) is 4.52. The van der Waals surface area contributed by atoms with Crippen molar-refractivity contribution in [3.63, 3.8) is 0 Å². The maximum absolute atomic E-state index is 13.9. The predicted octanol–water partition coefficient (Wildman–Crippen LogP) is 2.96. The second-order valence-corrected chi connectivity index (χ2v) is 8.98. The van der Waals surface area contributed by atoms with Crippen molar-refractivity contribution in [2.75, 3.05) is 67.6 Å². The number of nitriles is 1. The summed E-state index contributed by atoms with van der Waals surface area (Å²) >= 11 is 0. The lowest BCUT2D eigenvalue weighted by atomic mass is 10.1. The van der Waals surface area contributed by atoms with Crippen LogP contribution in [0.15, 0.2) is 54.7 Å². The van der Waals surface area contributed by atoms with Crippen LogP contribution in [0, 0.1) is 17.1 Å². The third kappa shape index (κ3) is 5.95. The van der Waals surface area contributed by atoms with Gasteiger partial charge in [-0.25, -0.2) is 9.37 Å². The Labute approximate surface area is 215 Å². The van der Waals surface area contributed by atoms with Crippen LogP contribution in [0.5, 0.6) is 0 Å². The average molecular weight is 502 g/mol. The van der Waals surface area contributed by atoms with E-state index < -0.39 is 5.82 Å². The topological polar surface area (TPSA) is 97.6 Å². The molecule has 0 bridgehead atoms. The fraction of sp³-hybridized carbons (Fsp3) is 0.333. The van der Waals surface area contributed by atoms with E-state index in [2.05, 4.69) is 37.2 Å². The summed E-state index contributed by atoms with van der Waals surface area (Å²) in [5.74, 6) is 0.648. The molecule has 2 aliphatic heterocycles. The molecule has 5 rings (SSSR count). The van der Waals surface area contributed by atoms with Gasteiger partial charge in [0.15, 0.2) is 0 Å². The van der Waals surface area contributed by atoms with Crippen LogP contribution in [-0.4, -0.2) is 73.3 Å². The van der Waals surface area contributed by atoms with Crippen LogP contribution < -0.4 is 15.1 Å². The molecule has 1 aromatic heterocycles. The van der Waals surface area contributed by atoms with Crippen molar-refractivity contribution >= 4 is 29.0 Å². The molecule has 1 amide bonds. The van der Waals surface area contributed by atoms with Gasteiger partial charge in [-0.3, -0.25) is 4.79 Å². The number of carbonyl (C=O) groups is 1. The minimum atomic E-state index is -0.598. The summed E-state index contributed by atoms with van der Waals surface area (Å²) in [5.41, 5.74) is 2.62. The summed E-state index contributed by atoms with van der Waals surface area (Å²) in [6, 6.07) is 16.2. The van der Waals surface area contributed by atoms with Crippen molar-refractivity contribution in [2.24, 2.45) is 0 Å². The number of carbonyl (C=O) groups excluding carboxylic acids is 1. The minimum absolute atomic E-state index is 0.0199. The Morgan fingerprint density at radius 2 is 1.76 bits per heavy atom. The van der Waals surface area contributed by atoms with Gasteiger partial charge >= 0.3 is 0 Å². The van der Waals surface area contributed by atoms with E-state index in [-0.39, 0.29) is 17.9 Å². The highest BCUT2D eigenvalue weighted by Crippen LogP contribution is 2.22. The first-order chi connectivity index (χ1) is 18.1. The van der Waals surface area contributed by atoms with E-state index in [1.54, 1.807) is 23.2 Å². The van der Waals surface area contributed by atoms with E-state index in [0.29, 0.717) is 37.7 Å². The molecule has 0 aliphatic carbocycles. The van der Waals surface area contributed by atoms with Gasteiger partial charge in [-0.05, 0) is 48.0 Å². The molecule has 190 valence electrons. The number of piperazine rings is 1. The smallest absolute Gasteiger partial charge is 0.229 e. The van der Waals surface area contributed by atoms with Crippen LogP contribution in [0.2, 0.25) is 0 Å². The molecule has 0 spiro atoms. The van der Waals surface area contributed by atoms with Crippen LogP contribution in [-0.2, 0) is 16.0 Å². The number of benzene rings is 2. The van der Waals surface area contributed by atoms with Crippen molar-refractivity contribution < 1.29 is 13.9 Å². The molecule has 0 atom stereocenters. The number of anilines is 4.